The van der Waals surface area contributed by atoms with Crippen molar-refractivity contribution in [1.82, 2.24) is 0 Å². The van der Waals surface area contributed by atoms with Gasteiger partial charge in [-0.25, -0.2) is 4.39 Å². The summed E-state index contributed by atoms with van der Waals surface area (Å²) in [6.07, 6.45) is -1.71. The summed E-state index contributed by atoms with van der Waals surface area (Å²) in [5.74, 6) is -4.66. The van der Waals surface area contributed by atoms with Crippen LogP contribution in [0.1, 0.15) is 53.3 Å². The number of hydrogen-bond acceptors (Lipinski definition) is 4. The summed E-state index contributed by atoms with van der Waals surface area (Å²) in [6, 6.07) is -0.586. The van der Waals surface area contributed by atoms with Gasteiger partial charge in [0.05, 0.1) is 10.2 Å². The molecular formula is C22H29FO4. The number of ketones is 2. The average Bonchev–Trinajstić information content (AvgIpc) is 2.89. The zero-order chi connectivity index (χ0) is 24.2. The molecule has 0 amide bonds. The van der Waals surface area contributed by atoms with Crippen molar-refractivity contribution in [1.29, 1.82) is 0 Å². The van der Waals surface area contributed by atoms with Crippen LogP contribution in [0.15, 0.2) is 23.8 Å². The molecule has 0 spiro atoms. The Hall–Kier alpha value is -1.33. The summed E-state index contributed by atoms with van der Waals surface area (Å²) < 4.78 is 57.7. The largest absolute Gasteiger partial charge is 0.390 e. The minimum Gasteiger partial charge on any atom is -0.390 e. The summed E-state index contributed by atoms with van der Waals surface area (Å²) in [7, 11) is 0. The molecule has 0 saturated heterocycles. The second-order valence-electron chi connectivity index (χ2n) is 9.15. The molecule has 4 aliphatic carbocycles. The van der Waals surface area contributed by atoms with Crippen LogP contribution >= 0.6 is 0 Å². The molecule has 3 saturated carbocycles. The van der Waals surface area contributed by atoms with Gasteiger partial charge in [-0.3, -0.25) is 9.59 Å². The third-order valence-corrected chi connectivity index (χ3v) is 7.92. The molecule has 0 aromatic heterocycles. The lowest BCUT2D eigenvalue weighted by atomic mass is 9.45. The van der Waals surface area contributed by atoms with E-state index in [-0.39, 0.29) is 18.4 Å². The van der Waals surface area contributed by atoms with Crippen LogP contribution < -0.4 is 0 Å². The van der Waals surface area contributed by atoms with Crippen molar-refractivity contribution < 1.29 is 31.0 Å². The summed E-state index contributed by atoms with van der Waals surface area (Å²) in [6.45, 7) is 1.78. The third-order valence-electron chi connectivity index (χ3n) is 7.92. The highest BCUT2D eigenvalue weighted by Crippen LogP contribution is 2.69. The average molecular weight is 381 g/mol. The number of aliphatic hydroxyl groups excluding tert-OH is 1. The minimum atomic E-state index is -3.07. The number of carbonyl (C=O) groups is 2. The van der Waals surface area contributed by atoms with Gasteiger partial charge >= 0.3 is 0 Å². The number of alkyl halides is 1. The Bertz CT molecular complexity index is 958. The number of carbonyl (C=O) groups excluding carboxylic acids is 2. The second kappa shape index (κ2) is 5.84. The first kappa shape index (κ1) is 13.8. The lowest BCUT2D eigenvalue weighted by Gasteiger charge is -2.62. The lowest BCUT2D eigenvalue weighted by Crippen LogP contribution is -2.66. The van der Waals surface area contributed by atoms with E-state index in [0.29, 0.717) is 6.42 Å². The van der Waals surface area contributed by atoms with E-state index in [1.54, 1.807) is 13.8 Å². The van der Waals surface area contributed by atoms with E-state index in [1.165, 1.54) is 13.0 Å². The first-order valence-electron chi connectivity index (χ1n) is 12.0. The standard InChI is InChI=1S/C22H29FO4/c1-12-8-16-15-5-4-13-9-14(25)6-7-21(13,3)22(15,23)18(27)10-20(16,2)19(12)17(26)11-24/h6-7,9,12,15-16,18-19,24,27H,4-5,8,10-11H2,1-3H3/t12-,15+,16+,18+,19-,20+,21+,22+/m1/s1/i4D2,9D,11D2. The Kier molecular flexibility index (Phi) is 2.98. The van der Waals surface area contributed by atoms with Crippen molar-refractivity contribution in [2.24, 2.45) is 34.5 Å². The number of rotatable bonds is 2. The van der Waals surface area contributed by atoms with Gasteiger partial charge in [-0.15, -0.1) is 0 Å². The van der Waals surface area contributed by atoms with Crippen LogP contribution in [0.4, 0.5) is 4.39 Å². The Balaban J connectivity index is 1.89. The van der Waals surface area contributed by atoms with Crippen LogP contribution in [0.25, 0.3) is 0 Å². The molecule has 0 heterocycles. The van der Waals surface area contributed by atoms with E-state index in [0.717, 1.165) is 6.08 Å². The zero-order valence-corrected chi connectivity index (χ0v) is 15.8. The second-order valence-corrected chi connectivity index (χ2v) is 9.15. The van der Waals surface area contributed by atoms with Gasteiger partial charge in [0.2, 0.25) is 0 Å². The van der Waals surface area contributed by atoms with Crippen molar-refractivity contribution >= 4 is 11.6 Å². The van der Waals surface area contributed by atoms with E-state index in [9.17, 15) is 19.8 Å². The van der Waals surface area contributed by atoms with Crippen molar-refractivity contribution in [3.63, 3.8) is 0 Å². The van der Waals surface area contributed by atoms with Crippen molar-refractivity contribution in [3.05, 3.63) is 23.8 Å². The number of fused-ring (bicyclic) bond motifs is 5. The molecule has 0 bridgehead atoms. The molecule has 0 aromatic carbocycles. The number of Topliss-reactive ketones (excluding diaryl/α,β-unsaturated/α-hetero) is 1. The summed E-state index contributed by atoms with van der Waals surface area (Å²) in [5.41, 5.74) is -5.40. The normalized spacial score (nSPS) is 56.7. The van der Waals surface area contributed by atoms with Gasteiger partial charge in [0, 0.05) is 20.0 Å². The Morgan fingerprint density at radius 1 is 1.48 bits per heavy atom. The maximum atomic E-state index is 17.2. The van der Waals surface area contributed by atoms with Gasteiger partial charge in [0.1, 0.15) is 6.56 Å². The molecule has 0 aromatic rings. The van der Waals surface area contributed by atoms with E-state index in [4.69, 9.17) is 6.85 Å². The molecule has 0 aliphatic heterocycles. The van der Waals surface area contributed by atoms with Crippen LogP contribution in [0.5, 0.6) is 0 Å². The van der Waals surface area contributed by atoms with Gasteiger partial charge in [0.15, 0.2) is 17.2 Å². The maximum absolute atomic E-state index is 17.2. The Morgan fingerprint density at radius 3 is 2.85 bits per heavy atom. The molecule has 4 rings (SSSR count). The Labute approximate surface area is 166 Å². The SMILES string of the molecule is [2H]C1=C2C([2H])([2H])C[C@H]3[C@@H]4C[C@@H](C)[C@H](C(=O)C([2H])([2H])O)[C@@]4(C)C[C@H](O)[C@]3(F)[C@@]2(C)C=CC1=O. The van der Waals surface area contributed by atoms with Gasteiger partial charge < -0.3 is 10.2 Å². The predicted octanol–water partition coefficient (Wildman–Crippen LogP) is 2.78. The van der Waals surface area contributed by atoms with Crippen LogP contribution in [-0.2, 0) is 9.59 Å². The number of hydrogen-bond donors (Lipinski definition) is 2. The van der Waals surface area contributed by atoms with Crippen molar-refractivity contribution in [2.45, 2.75) is 58.2 Å². The summed E-state index contributed by atoms with van der Waals surface area (Å²) in [4.78, 5) is 25.0. The van der Waals surface area contributed by atoms with E-state index < -0.39 is 76.8 Å². The fourth-order valence-corrected chi connectivity index (χ4v) is 6.72. The molecule has 148 valence electrons. The van der Waals surface area contributed by atoms with Crippen LogP contribution in [-0.4, -0.2) is 40.1 Å². The van der Waals surface area contributed by atoms with Crippen molar-refractivity contribution in [2.75, 3.05) is 6.56 Å². The fourth-order valence-electron chi connectivity index (χ4n) is 6.72. The summed E-state index contributed by atoms with van der Waals surface area (Å²) >= 11 is 0. The van der Waals surface area contributed by atoms with Gasteiger partial charge in [0.25, 0.3) is 0 Å². The highest BCUT2D eigenvalue weighted by Gasteiger charge is 2.71. The topological polar surface area (TPSA) is 74.6 Å². The quantitative estimate of drug-likeness (QED) is 0.771. The number of aliphatic hydroxyl groups is 2. The predicted molar refractivity (Wildman–Crippen MR) is 98.5 cm³/mol. The number of allylic oxidation sites excluding steroid dienone is 4. The maximum Gasteiger partial charge on any atom is 0.178 e. The van der Waals surface area contributed by atoms with E-state index in [2.05, 4.69) is 0 Å². The minimum absolute atomic E-state index is 0.178. The molecule has 8 atom stereocenters. The molecule has 0 unspecified atom stereocenters. The van der Waals surface area contributed by atoms with E-state index >= 15 is 4.39 Å². The van der Waals surface area contributed by atoms with Crippen LogP contribution in [0.3, 0.4) is 0 Å². The molecule has 5 heteroatoms. The highest BCUT2D eigenvalue weighted by atomic mass is 19.1. The van der Waals surface area contributed by atoms with Gasteiger partial charge in [-0.1, -0.05) is 25.5 Å². The first-order valence-corrected chi connectivity index (χ1v) is 9.52. The molecule has 4 aliphatic rings. The molecule has 0 radical (unpaired) electrons. The van der Waals surface area contributed by atoms with Crippen LogP contribution in [0, 0.1) is 34.5 Å². The van der Waals surface area contributed by atoms with E-state index in [1.807, 2.05) is 0 Å². The van der Waals surface area contributed by atoms with Crippen molar-refractivity contribution in [3.8, 4) is 0 Å². The lowest BCUT2D eigenvalue weighted by molar-refractivity contribution is -0.195. The molecule has 27 heavy (non-hydrogen) atoms. The fraction of sp³-hybridized carbons (Fsp3) is 0.727. The highest BCUT2D eigenvalue weighted by molar-refractivity contribution is 6.01. The summed E-state index contributed by atoms with van der Waals surface area (Å²) in [5, 5.41) is 21.0. The number of halogens is 1. The van der Waals surface area contributed by atoms with Crippen LogP contribution in [0.2, 0.25) is 0 Å². The molecule has 2 N–H and O–H groups in total. The molecular weight excluding hydrogens is 347 g/mol. The monoisotopic (exact) mass is 381 g/mol. The Morgan fingerprint density at radius 2 is 2.19 bits per heavy atom. The zero-order valence-electron chi connectivity index (χ0n) is 20.8. The van der Waals surface area contributed by atoms with Gasteiger partial charge in [-0.05, 0) is 61.9 Å². The van der Waals surface area contributed by atoms with Gasteiger partial charge in [-0.2, -0.15) is 0 Å². The third kappa shape index (κ3) is 2.21. The smallest absolute Gasteiger partial charge is 0.178 e. The first-order chi connectivity index (χ1) is 14.4. The molecule has 4 nitrogen and oxygen atoms in total. The molecule has 3 fully saturated rings.